The number of para-hydroxylation sites is 1. The normalized spacial score (nSPS) is 20.7. The van der Waals surface area contributed by atoms with E-state index in [1.54, 1.807) is 7.11 Å². The van der Waals surface area contributed by atoms with E-state index in [9.17, 15) is 0 Å². The second-order valence-corrected chi connectivity index (χ2v) is 5.27. The van der Waals surface area contributed by atoms with Gasteiger partial charge in [0, 0.05) is 12.4 Å². The molecule has 0 aliphatic heterocycles. The second-order valence-electron chi connectivity index (χ2n) is 5.27. The fourth-order valence-electron chi connectivity index (χ4n) is 2.96. The smallest absolute Gasteiger partial charge is 0.144 e. The van der Waals surface area contributed by atoms with Gasteiger partial charge in [-0.3, -0.25) is 0 Å². The molecular formula is C18H20N2O. The number of hydrogen-bond donors (Lipinski definition) is 0. The van der Waals surface area contributed by atoms with Gasteiger partial charge in [-0.05, 0) is 25.0 Å². The van der Waals surface area contributed by atoms with E-state index in [-0.39, 0.29) is 5.54 Å². The van der Waals surface area contributed by atoms with E-state index in [0.717, 1.165) is 30.0 Å². The van der Waals surface area contributed by atoms with Crippen molar-refractivity contribution in [3.63, 3.8) is 0 Å². The first kappa shape index (κ1) is 13.7. The SMILES string of the molecule is CC[C@]1(n2ccnc2-c2ccccc2OC)C=CC=CC1. The monoisotopic (exact) mass is 280 g/mol. The van der Waals surface area contributed by atoms with Crippen LogP contribution in [-0.4, -0.2) is 16.7 Å². The van der Waals surface area contributed by atoms with E-state index in [1.807, 2.05) is 24.4 Å². The zero-order valence-corrected chi connectivity index (χ0v) is 12.5. The molecule has 2 aromatic rings. The summed E-state index contributed by atoms with van der Waals surface area (Å²) < 4.78 is 7.76. The Morgan fingerprint density at radius 3 is 2.86 bits per heavy atom. The third-order valence-corrected chi connectivity index (χ3v) is 4.21. The fourth-order valence-corrected chi connectivity index (χ4v) is 2.96. The minimum absolute atomic E-state index is 0.0402. The third kappa shape index (κ3) is 2.29. The average Bonchev–Trinajstić information content (AvgIpc) is 3.05. The molecule has 0 fully saturated rings. The second kappa shape index (κ2) is 5.60. The highest BCUT2D eigenvalue weighted by molar-refractivity contribution is 5.65. The van der Waals surface area contributed by atoms with Gasteiger partial charge in [0.25, 0.3) is 0 Å². The van der Waals surface area contributed by atoms with Crippen LogP contribution < -0.4 is 4.74 Å². The van der Waals surface area contributed by atoms with Crippen LogP contribution in [-0.2, 0) is 5.54 Å². The summed E-state index contributed by atoms with van der Waals surface area (Å²) in [6.07, 6.45) is 14.7. The largest absolute Gasteiger partial charge is 0.496 e. The van der Waals surface area contributed by atoms with Gasteiger partial charge in [0.15, 0.2) is 0 Å². The first-order chi connectivity index (χ1) is 10.3. The predicted octanol–water partition coefficient (Wildman–Crippen LogP) is 4.18. The van der Waals surface area contributed by atoms with E-state index in [2.05, 4.69) is 53.0 Å². The lowest BCUT2D eigenvalue weighted by Crippen LogP contribution is -2.31. The molecule has 1 atom stereocenters. The molecule has 0 amide bonds. The number of rotatable bonds is 4. The van der Waals surface area contributed by atoms with Gasteiger partial charge in [0.1, 0.15) is 11.6 Å². The van der Waals surface area contributed by atoms with Crippen LogP contribution in [0.1, 0.15) is 19.8 Å². The zero-order valence-electron chi connectivity index (χ0n) is 12.5. The standard InChI is InChI=1S/C18H20N2O/c1-3-18(11-7-4-8-12-18)20-14-13-19-17(20)15-9-5-6-10-16(15)21-2/h4-11,13-14H,3,12H2,1-2H3/t18-/m0/s1. The summed E-state index contributed by atoms with van der Waals surface area (Å²) in [5.41, 5.74) is 0.988. The van der Waals surface area contributed by atoms with Crippen molar-refractivity contribution in [2.75, 3.05) is 7.11 Å². The molecule has 1 aromatic heterocycles. The van der Waals surface area contributed by atoms with E-state index in [1.165, 1.54) is 0 Å². The Kier molecular flexibility index (Phi) is 3.65. The maximum Gasteiger partial charge on any atom is 0.144 e. The number of allylic oxidation sites excluding steroid dienone is 4. The van der Waals surface area contributed by atoms with Crippen LogP contribution in [0.3, 0.4) is 0 Å². The van der Waals surface area contributed by atoms with Crippen molar-refractivity contribution in [3.8, 4) is 17.1 Å². The van der Waals surface area contributed by atoms with Crippen LogP contribution in [0.4, 0.5) is 0 Å². The number of benzene rings is 1. The first-order valence-corrected chi connectivity index (χ1v) is 7.32. The molecule has 0 spiro atoms. The quantitative estimate of drug-likeness (QED) is 0.840. The van der Waals surface area contributed by atoms with Crippen molar-refractivity contribution < 1.29 is 4.74 Å². The van der Waals surface area contributed by atoms with Crippen molar-refractivity contribution in [2.24, 2.45) is 0 Å². The number of imidazole rings is 1. The van der Waals surface area contributed by atoms with Crippen molar-refractivity contribution in [1.82, 2.24) is 9.55 Å². The summed E-state index contributed by atoms with van der Waals surface area (Å²) in [5.74, 6) is 1.81. The van der Waals surface area contributed by atoms with Gasteiger partial charge in [-0.1, -0.05) is 43.4 Å². The van der Waals surface area contributed by atoms with Gasteiger partial charge in [-0.2, -0.15) is 0 Å². The third-order valence-electron chi connectivity index (χ3n) is 4.21. The molecular weight excluding hydrogens is 260 g/mol. The zero-order chi connectivity index (χ0) is 14.7. The fraction of sp³-hybridized carbons (Fsp3) is 0.278. The van der Waals surface area contributed by atoms with Gasteiger partial charge in [-0.15, -0.1) is 0 Å². The van der Waals surface area contributed by atoms with E-state index in [4.69, 9.17) is 4.74 Å². The molecule has 0 unspecified atom stereocenters. The number of aromatic nitrogens is 2. The lowest BCUT2D eigenvalue weighted by molar-refractivity contribution is 0.359. The topological polar surface area (TPSA) is 27.1 Å². The van der Waals surface area contributed by atoms with Crippen molar-refractivity contribution >= 4 is 0 Å². The molecule has 0 N–H and O–H groups in total. The minimum atomic E-state index is -0.0402. The Morgan fingerprint density at radius 1 is 1.29 bits per heavy atom. The Balaban J connectivity index is 2.13. The number of nitrogens with zero attached hydrogens (tertiary/aromatic N) is 2. The number of methoxy groups -OCH3 is 1. The number of ether oxygens (including phenoxy) is 1. The maximum absolute atomic E-state index is 5.49. The molecule has 3 rings (SSSR count). The summed E-state index contributed by atoms with van der Waals surface area (Å²) in [7, 11) is 1.70. The summed E-state index contributed by atoms with van der Waals surface area (Å²) >= 11 is 0. The summed E-state index contributed by atoms with van der Waals surface area (Å²) in [6, 6.07) is 8.04. The molecule has 0 saturated heterocycles. The Bertz CT molecular complexity index is 684. The van der Waals surface area contributed by atoms with Gasteiger partial charge in [0.2, 0.25) is 0 Å². The van der Waals surface area contributed by atoms with Crippen LogP contribution in [0, 0.1) is 0 Å². The Labute approximate surface area is 125 Å². The van der Waals surface area contributed by atoms with Crippen molar-refractivity contribution in [2.45, 2.75) is 25.3 Å². The molecule has 108 valence electrons. The summed E-state index contributed by atoms with van der Waals surface area (Å²) in [5, 5.41) is 0. The van der Waals surface area contributed by atoms with Gasteiger partial charge in [-0.25, -0.2) is 4.98 Å². The Morgan fingerprint density at radius 2 is 2.14 bits per heavy atom. The van der Waals surface area contributed by atoms with Crippen molar-refractivity contribution in [3.05, 3.63) is 61.0 Å². The lowest BCUT2D eigenvalue weighted by atomic mass is 9.88. The predicted molar refractivity (Wildman–Crippen MR) is 85.4 cm³/mol. The molecule has 3 heteroatoms. The molecule has 0 radical (unpaired) electrons. The first-order valence-electron chi connectivity index (χ1n) is 7.32. The highest BCUT2D eigenvalue weighted by atomic mass is 16.5. The van der Waals surface area contributed by atoms with E-state index in [0.29, 0.717) is 0 Å². The van der Waals surface area contributed by atoms with Crippen LogP contribution in [0.2, 0.25) is 0 Å². The molecule has 1 aliphatic rings. The van der Waals surface area contributed by atoms with Crippen LogP contribution in [0.15, 0.2) is 61.0 Å². The molecule has 3 nitrogen and oxygen atoms in total. The molecule has 1 aliphatic carbocycles. The van der Waals surface area contributed by atoms with Crippen LogP contribution >= 0.6 is 0 Å². The van der Waals surface area contributed by atoms with Gasteiger partial charge in [0.05, 0.1) is 18.2 Å². The van der Waals surface area contributed by atoms with E-state index >= 15 is 0 Å². The average molecular weight is 280 g/mol. The number of hydrogen-bond acceptors (Lipinski definition) is 2. The summed E-state index contributed by atoms with van der Waals surface area (Å²) in [4.78, 5) is 4.59. The highest BCUT2D eigenvalue weighted by Crippen LogP contribution is 2.36. The van der Waals surface area contributed by atoms with Crippen LogP contribution in [0.5, 0.6) is 5.75 Å². The summed E-state index contributed by atoms with van der Waals surface area (Å²) in [6.45, 7) is 2.22. The van der Waals surface area contributed by atoms with E-state index < -0.39 is 0 Å². The molecule has 0 saturated carbocycles. The Hall–Kier alpha value is -2.29. The molecule has 1 aromatic carbocycles. The molecule has 21 heavy (non-hydrogen) atoms. The van der Waals surface area contributed by atoms with Gasteiger partial charge >= 0.3 is 0 Å². The van der Waals surface area contributed by atoms with Gasteiger partial charge < -0.3 is 9.30 Å². The maximum atomic E-state index is 5.49. The van der Waals surface area contributed by atoms with Crippen LogP contribution in [0.25, 0.3) is 11.4 Å². The minimum Gasteiger partial charge on any atom is -0.496 e. The lowest BCUT2D eigenvalue weighted by Gasteiger charge is -2.33. The van der Waals surface area contributed by atoms with Crippen molar-refractivity contribution in [1.29, 1.82) is 0 Å². The molecule has 0 bridgehead atoms. The highest BCUT2D eigenvalue weighted by Gasteiger charge is 2.30. The molecule has 1 heterocycles.